The lowest BCUT2D eigenvalue weighted by molar-refractivity contribution is 0.00601. The molecule has 4 heterocycles. The van der Waals surface area contributed by atoms with Gasteiger partial charge in [-0.05, 0) is 37.1 Å². The number of halogens is 3. The number of amides is 1. The third-order valence-electron chi connectivity index (χ3n) is 5.86. The van der Waals surface area contributed by atoms with Crippen molar-refractivity contribution in [3.05, 3.63) is 65.2 Å². The number of anilines is 1. The number of likely N-dealkylation sites (tertiary alicyclic amines) is 1. The molecular weight excluding hydrogens is 397 g/mol. The molecule has 0 saturated carbocycles. The minimum Gasteiger partial charge on any atom is -0.389 e. The second-order valence-corrected chi connectivity index (χ2v) is 7.75. The van der Waals surface area contributed by atoms with Crippen LogP contribution in [0.2, 0.25) is 0 Å². The van der Waals surface area contributed by atoms with Crippen LogP contribution in [-0.4, -0.2) is 51.3 Å². The van der Waals surface area contributed by atoms with E-state index in [2.05, 4.69) is 5.10 Å². The molecular formula is C21H19F3N4O2. The van der Waals surface area contributed by atoms with Crippen LogP contribution in [0.4, 0.5) is 18.9 Å². The van der Waals surface area contributed by atoms with Crippen LogP contribution in [0.25, 0.3) is 5.52 Å². The van der Waals surface area contributed by atoms with Crippen LogP contribution in [0.1, 0.15) is 34.8 Å². The highest BCUT2D eigenvalue weighted by molar-refractivity contribution is 6.01. The fraction of sp³-hybridized carbons (Fsp3) is 0.333. The predicted molar refractivity (Wildman–Crippen MR) is 103 cm³/mol. The summed E-state index contributed by atoms with van der Waals surface area (Å²) in [7, 11) is 0. The Morgan fingerprint density at radius 2 is 1.97 bits per heavy atom. The van der Waals surface area contributed by atoms with Gasteiger partial charge in [0.2, 0.25) is 0 Å². The van der Waals surface area contributed by atoms with E-state index in [0.29, 0.717) is 19.4 Å². The Morgan fingerprint density at radius 1 is 1.17 bits per heavy atom. The van der Waals surface area contributed by atoms with Gasteiger partial charge in [0.25, 0.3) is 5.91 Å². The molecule has 0 aliphatic carbocycles. The van der Waals surface area contributed by atoms with Crippen LogP contribution in [-0.2, 0) is 0 Å². The van der Waals surface area contributed by atoms with Crippen molar-refractivity contribution in [2.45, 2.75) is 25.0 Å². The predicted octanol–water partition coefficient (Wildman–Crippen LogP) is 2.91. The van der Waals surface area contributed by atoms with Crippen molar-refractivity contribution in [3.8, 4) is 0 Å². The number of β-amino-alcohol motifs (C(OH)–C–C–N with tert-alkyl or cyclic N) is 1. The first-order valence-corrected chi connectivity index (χ1v) is 9.79. The van der Waals surface area contributed by atoms with Crippen LogP contribution in [0.5, 0.6) is 0 Å². The maximum absolute atomic E-state index is 15.6. The van der Waals surface area contributed by atoms with Crippen molar-refractivity contribution >= 4 is 17.1 Å². The molecule has 1 amide bonds. The van der Waals surface area contributed by atoms with E-state index in [4.69, 9.17) is 0 Å². The Morgan fingerprint density at radius 3 is 2.73 bits per heavy atom. The molecule has 1 unspecified atom stereocenters. The normalized spacial score (nSPS) is 19.5. The Labute approximate surface area is 170 Å². The summed E-state index contributed by atoms with van der Waals surface area (Å²) in [6.07, 6.45) is 3.54. The molecule has 0 spiro atoms. The number of benzene rings is 1. The number of rotatable bonds is 3. The molecule has 5 rings (SSSR count). The molecule has 2 aliphatic heterocycles. The summed E-state index contributed by atoms with van der Waals surface area (Å²) in [5.74, 6) is -2.12. The van der Waals surface area contributed by atoms with E-state index in [-0.39, 0.29) is 35.4 Å². The van der Waals surface area contributed by atoms with E-state index in [1.807, 2.05) is 0 Å². The van der Waals surface area contributed by atoms with E-state index in [9.17, 15) is 18.7 Å². The molecule has 30 heavy (non-hydrogen) atoms. The lowest BCUT2D eigenvalue weighted by Crippen LogP contribution is -2.53. The summed E-state index contributed by atoms with van der Waals surface area (Å²) in [5, 5.41) is 13.5. The largest absolute Gasteiger partial charge is 0.389 e. The van der Waals surface area contributed by atoms with Crippen molar-refractivity contribution < 1.29 is 23.1 Å². The van der Waals surface area contributed by atoms with Crippen LogP contribution in [0.3, 0.4) is 0 Å². The van der Waals surface area contributed by atoms with Crippen LogP contribution < -0.4 is 4.90 Å². The molecule has 0 radical (unpaired) electrons. The number of aliphatic hydroxyl groups is 1. The van der Waals surface area contributed by atoms with Gasteiger partial charge in [-0.2, -0.15) is 5.10 Å². The van der Waals surface area contributed by atoms with Crippen molar-refractivity contribution in [2.75, 3.05) is 24.5 Å². The first-order chi connectivity index (χ1) is 14.4. The molecule has 0 bridgehead atoms. The molecule has 2 saturated heterocycles. The second kappa shape index (κ2) is 7.02. The van der Waals surface area contributed by atoms with E-state index < -0.39 is 35.5 Å². The highest BCUT2D eigenvalue weighted by Crippen LogP contribution is 2.39. The van der Waals surface area contributed by atoms with E-state index in [1.165, 1.54) is 21.7 Å². The number of aromatic nitrogens is 2. The van der Waals surface area contributed by atoms with Gasteiger partial charge >= 0.3 is 0 Å². The minimum absolute atomic E-state index is 0.0317. The molecule has 2 fully saturated rings. The van der Waals surface area contributed by atoms with Crippen LogP contribution in [0.15, 0.2) is 36.7 Å². The number of pyridine rings is 1. The molecule has 3 aromatic rings. The highest BCUT2D eigenvalue weighted by atomic mass is 19.1. The average molecular weight is 416 g/mol. The smallest absolute Gasteiger partial charge is 0.257 e. The summed E-state index contributed by atoms with van der Waals surface area (Å²) in [4.78, 5) is 15.8. The summed E-state index contributed by atoms with van der Waals surface area (Å²) in [6, 6.07) is 4.31. The quantitative estimate of drug-likeness (QED) is 0.713. The van der Waals surface area contributed by atoms with Gasteiger partial charge in [0.05, 0.1) is 29.6 Å². The molecule has 1 N–H and O–H groups in total. The zero-order valence-electron chi connectivity index (χ0n) is 15.9. The van der Waals surface area contributed by atoms with Gasteiger partial charge in [0, 0.05) is 31.4 Å². The standard InChI is InChI=1S/C21H19F3N4O2/c22-12-3-4-16(23)14(8-12)17-2-1-6-27(17)18-5-7-28-20(19(18)24)15(9-25-28)21(30)26-10-13(29)11-26/h3-5,7-9,13,17,29H,1-2,6,10-11H2. The molecule has 6 nitrogen and oxygen atoms in total. The second-order valence-electron chi connectivity index (χ2n) is 7.75. The van der Waals surface area contributed by atoms with Gasteiger partial charge < -0.3 is 14.9 Å². The maximum Gasteiger partial charge on any atom is 0.257 e. The SMILES string of the molecule is O=C(c1cnn2ccc(N3CCCC3c3cc(F)ccc3F)c(F)c12)N1CC(O)C1. The zero-order chi connectivity index (χ0) is 21.0. The lowest BCUT2D eigenvalue weighted by Gasteiger charge is -2.35. The Hall–Kier alpha value is -3.07. The average Bonchev–Trinajstić information content (AvgIpc) is 3.35. The van der Waals surface area contributed by atoms with Gasteiger partial charge in [0.1, 0.15) is 17.2 Å². The van der Waals surface area contributed by atoms with E-state index >= 15 is 4.39 Å². The topological polar surface area (TPSA) is 61.1 Å². The first kappa shape index (κ1) is 18.9. The number of fused-ring (bicyclic) bond motifs is 1. The lowest BCUT2D eigenvalue weighted by atomic mass is 10.0. The Bertz CT molecular complexity index is 1140. The Kier molecular flexibility index (Phi) is 4.43. The number of hydrogen-bond acceptors (Lipinski definition) is 4. The monoisotopic (exact) mass is 416 g/mol. The number of carbonyl (C=O) groups is 1. The minimum atomic E-state index is -0.636. The van der Waals surface area contributed by atoms with Gasteiger partial charge in [-0.15, -0.1) is 0 Å². The van der Waals surface area contributed by atoms with Gasteiger partial charge in [-0.25, -0.2) is 17.7 Å². The van der Waals surface area contributed by atoms with Crippen LogP contribution in [0, 0.1) is 17.5 Å². The molecule has 2 aliphatic rings. The van der Waals surface area contributed by atoms with Crippen molar-refractivity contribution in [1.82, 2.24) is 14.5 Å². The number of nitrogens with zero attached hydrogens (tertiary/aromatic N) is 4. The summed E-state index contributed by atoms with van der Waals surface area (Å²) in [6.45, 7) is 0.874. The molecule has 156 valence electrons. The molecule has 2 aromatic heterocycles. The number of carbonyl (C=O) groups excluding carboxylic acids is 1. The van der Waals surface area contributed by atoms with Crippen molar-refractivity contribution in [1.29, 1.82) is 0 Å². The summed E-state index contributed by atoms with van der Waals surface area (Å²) in [5.41, 5.74) is 0.538. The van der Waals surface area contributed by atoms with Gasteiger partial charge in [-0.3, -0.25) is 4.79 Å². The fourth-order valence-electron chi connectivity index (χ4n) is 4.35. The molecule has 1 atom stereocenters. The van der Waals surface area contributed by atoms with Crippen LogP contribution >= 0.6 is 0 Å². The molecule has 1 aromatic carbocycles. The van der Waals surface area contributed by atoms with E-state index in [0.717, 1.165) is 18.2 Å². The Balaban J connectivity index is 1.56. The fourth-order valence-corrected chi connectivity index (χ4v) is 4.35. The number of aliphatic hydroxyl groups excluding tert-OH is 1. The summed E-state index contributed by atoms with van der Waals surface area (Å²) < 4.78 is 45.0. The van der Waals surface area contributed by atoms with Gasteiger partial charge in [0.15, 0.2) is 5.82 Å². The maximum atomic E-state index is 15.6. The van der Waals surface area contributed by atoms with E-state index in [1.54, 1.807) is 11.1 Å². The zero-order valence-corrected chi connectivity index (χ0v) is 15.9. The van der Waals surface area contributed by atoms with Crippen molar-refractivity contribution in [2.24, 2.45) is 0 Å². The van der Waals surface area contributed by atoms with Crippen molar-refractivity contribution in [3.63, 3.8) is 0 Å². The molecule has 9 heteroatoms. The third-order valence-corrected chi connectivity index (χ3v) is 5.86. The third kappa shape index (κ3) is 2.92. The first-order valence-electron chi connectivity index (χ1n) is 9.79. The van der Waals surface area contributed by atoms with Gasteiger partial charge in [-0.1, -0.05) is 0 Å². The number of hydrogen-bond donors (Lipinski definition) is 1. The highest BCUT2D eigenvalue weighted by Gasteiger charge is 2.34. The summed E-state index contributed by atoms with van der Waals surface area (Å²) >= 11 is 0.